The fourth-order valence-corrected chi connectivity index (χ4v) is 2.59. The number of nitrogens with zero attached hydrogens (tertiary/aromatic N) is 1. The van der Waals surface area contributed by atoms with Gasteiger partial charge in [0.05, 0.1) is 17.0 Å². The van der Waals surface area contributed by atoms with Crippen molar-refractivity contribution in [1.29, 1.82) is 0 Å². The van der Waals surface area contributed by atoms with Crippen LogP contribution in [0.5, 0.6) is 5.75 Å². The zero-order valence-electron chi connectivity index (χ0n) is 13.3. The van der Waals surface area contributed by atoms with Crippen LogP contribution in [0.1, 0.15) is 23.6 Å². The Morgan fingerprint density at radius 2 is 1.78 bits per heavy atom. The molecule has 4 nitrogen and oxygen atoms in total. The number of phenols is 1. The summed E-state index contributed by atoms with van der Waals surface area (Å²) in [4.78, 5) is 16.2. The monoisotopic (exact) mass is 307 g/mol. The summed E-state index contributed by atoms with van der Waals surface area (Å²) in [5.41, 5.74) is 3.69. The predicted molar refractivity (Wildman–Crippen MR) is 91.9 cm³/mol. The van der Waals surface area contributed by atoms with Gasteiger partial charge in [-0.3, -0.25) is 4.99 Å². The molecular weight excluding hydrogens is 290 g/mol. The first-order valence-corrected chi connectivity index (χ1v) is 7.34. The summed E-state index contributed by atoms with van der Waals surface area (Å²) in [6.07, 6.45) is 0. The van der Waals surface area contributed by atoms with E-state index in [1.54, 1.807) is 19.1 Å². The van der Waals surface area contributed by atoms with Crippen molar-refractivity contribution in [3.05, 3.63) is 69.6 Å². The van der Waals surface area contributed by atoms with Crippen molar-refractivity contribution >= 4 is 22.4 Å². The maximum absolute atomic E-state index is 11.7. The Morgan fingerprint density at radius 1 is 1.09 bits per heavy atom. The van der Waals surface area contributed by atoms with Crippen molar-refractivity contribution in [2.24, 2.45) is 4.99 Å². The van der Waals surface area contributed by atoms with E-state index in [-0.39, 0.29) is 5.75 Å². The van der Waals surface area contributed by atoms with Crippen molar-refractivity contribution in [2.45, 2.75) is 20.8 Å². The molecule has 0 fully saturated rings. The molecule has 23 heavy (non-hydrogen) atoms. The van der Waals surface area contributed by atoms with Crippen molar-refractivity contribution in [2.75, 3.05) is 0 Å². The number of hydrogen-bond acceptors (Lipinski definition) is 4. The lowest BCUT2D eigenvalue weighted by molar-refractivity contribution is 0.471. The fourth-order valence-electron chi connectivity index (χ4n) is 2.59. The molecule has 0 aliphatic rings. The van der Waals surface area contributed by atoms with Crippen LogP contribution in [0.4, 0.5) is 5.69 Å². The van der Waals surface area contributed by atoms with E-state index < -0.39 is 5.63 Å². The van der Waals surface area contributed by atoms with E-state index in [1.807, 2.05) is 38.1 Å². The normalized spacial score (nSPS) is 11.9. The molecule has 0 aliphatic heterocycles. The van der Waals surface area contributed by atoms with E-state index in [1.165, 1.54) is 6.07 Å². The zero-order valence-corrected chi connectivity index (χ0v) is 13.3. The Bertz CT molecular complexity index is 966. The van der Waals surface area contributed by atoms with E-state index in [0.717, 1.165) is 22.2 Å². The van der Waals surface area contributed by atoms with Gasteiger partial charge in [0.1, 0.15) is 5.75 Å². The highest BCUT2D eigenvalue weighted by Crippen LogP contribution is 2.29. The molecule has 1 N–H and O–H groups in total. The van der Waals surface area contributed by atoms with Gasteiger partial charge in [-0.15, -0.1) is 0 Å². The number of hydrogen-bond donors (Lipinski definition) is 1. The third-order valence-electron chi connectivity index (χ3n) is 3.79. The molecule has 3 aromatic rings. The minimum atomic E-state index is -0.440. The second-order valence-electron chi connectivity index (χ2n) is 5.62. The van der Waals surface area contributed by atoms with E-state index >= 15 is 0 Å². The number of phenolic OH excluding ortho intramolecular Hbond substituents is 1. The van der Waals surface area contributed by atoms with Gasteiger partial charge in [0.15, 0.2) is 5.58 Å². The van der Waals surface area contributed by atoms with E-state index in [4.69, 9.17) is 4.42 Å². The van der Waals surface area contributed by atoms with Gasteiger partial charge in [0.2, 0.25) is 0 Å². The largest absolute Gasteiger partial charge is 0.507 e. The first-order valence-electron chi connectivity index (χ1n) is 7.34. The van der Waals surface area contributed by atoms with Crippen LogP contribution in [-0.4, -0.2) is 10.8 Å². The Balaban J connectivity index is 2.24. The highest BCUT2D eigenvalue weighted by Gasteiger charge is 2.14. The molecule has 0 aliphatic carbocycles. The molecule has 0 saturated carbocycles. The van der Waals surface area contributed by atoms with Crippen LogP contribution in [0.3, 0.4) is 0 Å². The summed E-state index contributed by atoms with van der Waals surface area (Å²) >= 11 is 0. The molecule has 0 bridgehead atoms. The van der Waals surface area contributed by atoms with Gasteiger partial charge in [0, 0.05) is 11.5 Å². The van der Waals surface area contributed by atoms with Crippen LogP contribution < -0.4 is 5.63 Å². The number of aliphatic imine (C=N–C) groups is 1. The smallest absolute Gasteiger partial charge is 0.336 e. The van der Waals surface area contributed by atoms with Crippen LogP contribution in [0.15, 0.2) is 56.7 Å². The fraction of sp³-hybridized carbons (Fsp3) is 0.158. The molecule has 116 valence electrons. The van der Waals surface area contributed by atoms with Gasteiger partial charge in [-0.25, -0.2) is 4.79 Å². The number of benzene rings is 2. The third-order valence-corrected chi connectivity index (χ3v) is 3.79. The molecular formula is C19H17NO3. The summed E-state index contributed by atoms with van der Waals surface area (Å²) in [5, 5.41) is 11.0. The topological polar surface area (TPSA) is 62.8 Å². The lowest BCUT2D eigenvalue weighted by Gasteiger charge is -2.09. The van der Waals surface area contributed by atoms with Gasteiger partial charge in [-0.1, -0.05) is 17.7 Å². The van der Waals surface area contributed by atoms with Crippen LogP contribution >= 0.6 is 0 Å². The highest BCUT2D eigenvalue weighted by atomic mass is 16.4. The first kappa shape index (κ1) is 15.0. The van der Waals surface area contributed by atoms with E-state index in [0.29, 0.717) is 16.9 Å². The maximum atomic E-state index is 11.7. The van der Waals surface area contributed by atoms with Crippen molar-refractivity contribution < 1.29 is 9.52 Å². The quantitative estimate of drug-likeness (QED) is 0.568. The maximum Gasteiger partial charge on any atom is 0.336 e. The van der Waals surface area contributed by atoms with Crippen molar-refractivity contribution in [1.82, 2.24) is 0 Å². The summed E-state index contributed by atoms with van der Waals surface area (Å²) < 4.78 is 5.34. The highest BCUT2D eigenvalue weighted by molar-refractivity contribution is 6.11. The SMILES string of the molecule is CC(=Nc1ccc(C)cc1)c1c(O)ccc2c(C)cc(=O)oc12. The van der Waals surface area contributed by atoms with Gasteiger partial charge >= 0.3 is 5.63 Å². The van der Waals surface area contributed by atoms with Crippen LogP contribution in [0.25, 0.3) is 11.0 Å². The average Bonchev–Trinajstić information content (AvgIpc) is 2.49. The summed E-state index contributed by atoms with van der Waals surface area (Å²) in [5.74, 6) is 0.0413. The minimum Gasteiger partial charge on any atom is -0.507 e. The molecule has 1 heterocycles. The van der Waals surface area contributed by atoms with Crippen LogP contribution in [-0.2, 0) is 0 Å². The second kappa shape index (κ2) is 5.72. The summed E-state index contributed by atoms with van der Waals surface area (Å²) in [6.45, 7) is 5.64. The number of aryl methyl sites for hydroxylation is 2. The second-order valence-corrected chi connectivity index (χ2v) is 5.62. The molecule has 1 aromatic heterocycles. The summed E-state index contributed by atoms with van der Waals surface area (Å²) in [6, 6.07) is 12.5. The Labute approximate surface area is 133 Å². The van der Waals surface area contributed by atoms with Crippen LogP contribution in [0, 0.1) is 13.8 Å². The predicted octanol–water partition coefficient (Wildman–Crippen LogP) is 4.26. The Hall–Kier alpha value is -2.88. The molecule has 4 heteroatoms. The molecule has 2 aromatic carbocycles. The average molecular weight is 307 g/mol. The zero-order chi connectivity index (χ0) is 16.6. The molecule has 0 saturated heterocycles. The number of rotatable bonds is 2. The van der Waals surface area contributed by atoms with Crippen molar-refractivity contribution in [3.8, 4) is 5.75 Å². The van der Waals surface area contributed by atoms with Crippen LogP contribution in [0.2, 0.25) is 0 Å². The first-order chi connectivity index (χ1) is 11.0. The van der Waals surface area contributed by atoms with E-state index in [2.05, 4.69) is 4.99 Å². The lowest BCUT2D eigenvalue weighted by atomic mass is 10.0. The minimum absolute atomic E-state index is 0.0413. The molecule has 0 unspecified atom stereocenters. The van der Waals surface area contributed by atoms with Gasteiger partial charge in [-0.05, 0) is 50.6 Å². The lowest BCUT2D eigenvalue weighted by Crippen LogP contribution is -2.03. The standard InChI is InChI=1S/C19H17NO3/c1-11-4-6-14(7-5-11)20-13(3)18-16(21)9-8-15-12(2)10-17(22)23-19(15)18/h4-10,21H,1-3H3. The van der Waals surface area contributed by atoms with Gasteiger partial charge < -0.3 is 9.52 Å². The summed E-state index contributed by atoms with van der Waals surface area (Å²) in [7, 11) is 0. The Kier molecular flexibility index (Phi) is 3.74. The van der Waals surface area contributed by atoms with Crippen molar-refractivity contribution in [3.63, 3.8) is 0 Å². The molecule has 3 rings (SSSR count). The van der Waals surface area contributed by atoms with Gasteiger partial charge in [0.25, 0.3) is 0 Å². The third kappa shape index (κ3) is 2.88. The molecule has 0 atom stereocenters. The van der Waals surface area contributed by atoms with E-state index in [9.17, 15) is 9.90 Å². The Morgan fingerprint density at radius 3 is 2.48 bits per heavy atom. The van der Waals surface area contributed by atoms with Gasteiger partial charge in [-0.2, -0.15) is 0 Å². The number of fused-ring (bicyclic) bond motifs is 1. The number of aromatic hydroxyl groups is 1. The molecule has 0 amide bonds. The molecule has 0 radical (unpaired) electrons. The molecule has 0 spiro atoms.